The number of carboxylic acid groups (broad SMARTS) is 1. The van der Waals surface area contributed by atoms with Crippen molar-refractivity contribution in [1.29, 1.82) is 0 Å². The van der Waals surface area contributed by atoms with Crippen molar-refractivity contribution in [3.63, 3.8) is 0 Å². The zero-order valence-electron chi connectivity index (χ0n) is 14.3. The molecule has 0 spiro atoms. The lowest BCUT2D eigenvalue weighted by Crippen LogP contribution is -2.26. The van der Waals surface area contributed by atoms with Crippen molar-refractivity contribution < 1.29 is 9.90 Å². The van der Waals surface area contributed by atoms with Crippen molar-refractivity contribution >= 4 is 5.97 Å². The molecule has 0 aliphatic heterocycles. The summed E-state index contributed by atoms with van der Waals surface area (Å²) in [6, 6.07) is 0. The van der Waals surface area contributed by atoms with Gasteiger partial charge in [-0.05, 0) is 36.5 Å². The first kappa shape index (κ1) is 17.6. The largest absolute Gasteiger partial charge is 0.481 e. The highest BCUT2D eigenvalue weighted by Gasteiger charge is 2.30. The zero-order valence-corrected chi connectivity index (χ0v) is 14.3. The van der Waals surface area contributed by atoms with Crippen molar-refractivity contribution in [2.75, 3.05) is 0 Å². The monoisotopic (exact) mass is 306 g/mol. The van der Waals surface area contributed by atoms with Crippen molar-refractivity contribution in [3.8, 4) is 0 Å². The summed E-state index contributed by atoms with van der Waals surface area (Å²) in [5, 5.41) is 9.24. The predicted molar refractivity (Wildman–Crippen MR) is 91.7 cm³/mol. The van der Waals surface area contributed by atoms with Crippen molar-refractivity contribution in [2.24, 2.45) is 29.6 Å². The lowest BCUT2D eigenvalue weighted by molar-refractivity contribution is -0.142. The minimum Gasteiger partial charge on any atom is -0.481 e. The first-order valence-corrected chi connectivity index (χ1v) is 9.49. The molecule has 0 aromatic heterocycles. The fourth-order valence-electron chi connectivity index (χ4n) is 4.73. The fourth-order valence-corrected chi connectivity index (χ4v) is 4.73. The Labute approximate surface area is 136 Å². The highest BCUT2D eigenvalue weighted by Crippen LogP contribution is 2.39. The molecule has 0 radical (unpaired) electrons. The second-order valence-corrected chi connectivity index (χ2v) is 7.75. The van der Waals surface area contributed by atoms with Gasteiger partial charge in [0.15, 0.2) is 0 Å². The van der Waals surface area contributed by atoms with Gasteiger partial charge in [-0.3, -0.25) is 4.79 Å². The van der Waals surface area contributed by atoms with E-state index in [4.69, 9.17) is 0 Å². The first-order chi connectivity index (χ1) is 10.6. The van der Waals surface area contributed by atoms with Crippen LogP contribution in [0.5, 0.6) is 0 Å². The molecule has 1 unspecified atom stereocenters. The number of rotatable bonds is 7. The number of hydrogen-bond acceptors (Lipinski definition) is 1. The maximum absolute atomic E-state index is 11.2. The molecular formula is C20H34O2. The smallest absolute Gasteiger partial charge is 0.310 e. The van der Waals surface area contributed by atoms with Crippen LogP contribution in [0, 0.1) is 29.6 Å². The molecule has 1 atom stereocenters. The summed E-state index contributed by atoms with van der Waals surface area (Å²) in [5.74, 6) is 2.13. The number of hydrogen-bond donors (Lipinski definition) is 1. The molecular weight excluding hydrogens is 272 g/mol. The third kappa shape index (κ3) is 4.86. The van der Waals surface area contributed by atoms with Crippen LogP contribution in [0.2, 0.25) is 0 Å². The van der Waals surface area contributed by atoms with Crippen molar-refractivity contribution in [3.05, 3.63) is 12.7 Å². The van der Waals surface area contributed by atoms with Crippen molar-refractivity contribution in [2.45, 2.75) is 77.6 Å². The van der Waals surface area contributed by atoms with Crippen molar-refractivity contribution in [1.82, 2.24) is 0 Å². The van der Waals surface area contributed by atoms with Crippen LogP contribution in [0.1, 0.15) is 77.6 Å². The molecule has 2 nitrogen and oxygen atoms in total. The van der Waals surface area contributed by atoms with E-state index in [2.05, 4.69) is 13.5 Å². The van der Waals surface area contributed by atoms with Crippen LogP contribution in [0.4, 0.5) is 0 Å². The average molecular weight is 306 g/mol. The summed E-state index contributed by atoms with van der Waals surface area (Å²) in [5.41, 5.74) is 0. The lowest BCUT2D eigenvalue weighted by atomic mass is 9.72. The Kier molecular flexibility index (Phi) is 6.98. The summed E-state index contributed by atoms with van der Waals surface area (Å²) < 4.78 is 0. The molecule has 2 fully saturated rings. The van der Waals surface area contributed by atoms with Crippen LogP contribution >= 0.6 is 0 Å². The van der Waals surface area contributed by atoms with E-state index < -0.39 is 5.97 Å². The van der Waals surface area contributed by atoms with Gasteiger partial charge in [0.25, 0.3) is 0 Å². The molecule has 2 heteroatoms. The molecule has 0 amide bonds. The quantitative estimate of drug-likeness (QED) is 0.615. The topological polar surface area (TPSA) is 37.3 Å². The van der Waals surface area contributed by atoms with E-state index in [0.29, 0.717) is 5.92 Å². The van der Waals surface area contributed by atoms with E-state index in [9.17, 15) is 9.90 Å². The van der Waals surface area contributed by atoms with E-state index in [1.807, 2.05) is 0 Å². The van der Waals surface area contributed by atoms with Gasteiger partial charge in [0.05, 0.1) is 5.92 Å². The van der Waals surface area contributed by atoms with E-state index in [1.54, 1.807) is 6.08 Å². The van der Waals surface area contributed by atoms with Crippen LogP contribution in [0.3, 0.4) is 0 Å². The van der Waals surface area contributed by atoms with Gasteiger partial charge in [-0.1, -0.05) is 70.8 Å². The van der Waals surface area contributed by atoms with Crippen LogP contribution in [0.25, 0.3) is 0 Å². The van der Waals surface area contributed by atoms with E-state index in [0.717, 1.165) is 30.6 Å². The van der Waals surface area contributed by atoms with Crippen LogP contribution in [-0.4, -0.2) is 11.1 Å². The minimum absolute atomic E-state index is 0.325. The maximum Gasteiger partial charge on any atom is 0.310 e. The second kappa shape index (κ2) is 8.74. The van der Waals surface area contributed by atoms with Gasteiger partial charge in [0, 0.05) is 0 Å². The Bertz CT molecular complexity index is 347. The average Bonchev–Trinajstić information content (AvgIpc) is 2.55. The highest BCUT2D eigenvalue weighted by atomic mass is 16.4. The standard InChI is InChI=1S/C20H34O2/c1-3-15-5-7-16(8-6-15)9-10-17-11-13-18(14-12-17)19(4-2)20(21)22/h4,15-19H,2-3,5-14H2,1H3,(H,21,22). The summed E-state index contributed by atoms with van der Waals surface area (Å²) in [7, 11) is 0. The molecule has 2 aliphatic carbocycles. The maximum atomic E-state index is 11.2. The van der Waals surface area contributed by atoms with E-state index in [-0.39, 0.29) is 5.92 Å². The van der Waals surface area contributed by atoms with E-state index in [1.165, 1.54) is 57.8 Å². The number of aliphatic carboxylic acids is 1. The Morgan fingerprint density at radius 3 is 1.86 bits per heavy atom. The molecule has 0 aromatic carbocycles. The molecule has 2 rings (SSSR count). The van der Waals surface area contributed by atoms with Gasteiger partial charge in [-0.25, -0.2) is 0 Å². The third-order valence-corrected chi connectivity index (χ3v) is 6.47. The fraction of sp³-hybridized carbons (Fsp3) is 0.850. The summed E-state index contributed by atoms with van der Waals surface area (Å²) >= 11 is 0. The summed E-state index contributed by atoms with van der Waals surface area (Å²) in [4.78, 5) is 11.2. The second-order valence-electron chi connectivity index (χ2n) is 7.75. The molecule has 2 aliphatic rings. The van der Waals surface area contributed by atoms with Crippen LogP contribution < -0.4 is 0 Å². The Balaban J connectivity index is 1.65. The highest BCUT2D eigenvalue weighted by molar-refractivity contribution is 5.72. The van der Waals surface area contributed by atoms with Gasteiger partial charge in [0.1, 0.15) is 0 Å². The molecule has 0 saturated heterocycles. The summed E-state index contributed by atoms with van der Waals surface area (Å²) in [6.07, 6.45) is 16.2. The Morgan fingerprint density at radius 1 is 1.00 bits per heavy atom. The van der Waals surface area contributed by atoms with Gasteiger partial charge >= 0.3 is 5.97 Å². The van der Waals surface area contributed by atoms with Gasteiger partial charge in [-0.2, -0.15) is 0 Å². The number of carbonyl (C=O) groups is 1. The van der Waals surface area contributed by atoms with Gasteiger partial charge in [0.2, 0.25) is 0 Å². The molecule has 0 heterocycles. The first-order valence-electron chi connectivity index (χ1n) is 9.49. The molecule has 0 aromatic rings. The molecule has 126 valence electrons. The predicted octanol–water partition coefficient (Wildman–Crippen LogP) is 5.68. The third-order valence-electron chi connectivity index (χ3n) is 6.47. The van der Waals surface area contributed by atoms with Crippen LogP contribution in [0.15, 0.2) is 12.7 Å². The zero-order chi connectivity index (χ0) is 15.9. The molecule has 22 heavy (non-hydrogen) atoms. The van der Waals surface area contributed by atoms with Crippen LogP contribution in [-0.2, 0) is 4.79 Å². The SMILES string of the molecule is C=CC(C(=O)O)C1CCC(CCC2CCC(CC)CC2)CC1. The van der Waals surface area contributed by atoms with Gasteiger partial charge < -0.3 is 5.11 Å². The molecule has 1 N–H and O–H groups in total. The molecule has 0 bridgehead atoms. The van der Waals surface area contributed by atoms with Gasteiger partial charge in [-0.15, -0.1) is 6.58 Å². The lowest BCUT2D eigenvalue weighted by Gasteiger charge is -2.33. The Morgan fingerprint density at radius 2 is 1.45 bits per heavy atom. The minimum atomic E-state index is -0.689. The normalized spacial score (nSPS) is 34.0. The molecule has 2 saturated carbocycles. The summed E-state index contributed by atoms with van der Waals surface area (Å²) in [6.45, 7) is 6.04. The van der Waals surface area contributed by atoms with E-state index >= 15 is 0 Å². The number of carboxylic acids is 1. The Hall–Kier alpha value is -0.790.